The van der Waals surface area contributed by atoms with Crippen molar-refractivity contribution < 1.29 is 14.3 Å². The molecule has 4 heterocycles. The maximum absolute atomic E-state index is 12.1. The number of para-hydroxylation sites is 1. The largest absolute Gasteiger partial charge is 0.453 e. The number of aliphatic imine (C=N–C) groups is 1. The van der Waals surface area contributed by atoms with Crippen molar-refractivity contribution in [3.8, 4) is 5.88 Å². The van der Waals surface area contributed by atoms with Crippen molar-refractivity contribution >= 4 is 40.3 Å². The Balaban J connectivity index is 1.61. The van der Waals surface area contributed by atoms with Gasteiger partial charge in [0.15, 0.2) is 6.40 Å². The fraction of sp³-hybridized carbons (Fsp3) is 0.0741. The van der Waals surface area contributed by atoms with Gasteiger partial charge >= 0.3 is 0 Å². The molecule has 0 saturated heterocycles. The summed E-state index contributed by atoms with van der Waals surface area (Å²) in [5, 5.41) is 2.05. The lowest BCUT2D eigenvalue weighted by Crippen LogP contribution is -2.37. The minimum atomic E-state index is -0.663. The van der Waals surface area contributed by atoms with Crippen LogP contribution in [0, 0.1) is 0 Å². The molecular weight excluding hydrogens is 442 g/mol. The van der Waals surface area contributed by atoms with Crippen LogP contribution in [-0.2, 0) is 9.53 Å². The fourth-order valence-corrected chi connectivity index (χ4v) is 3.95. The van der Waals surface area contributed by atoms with Crippen molar-refractivity contribution in [1.29, 1.82) is 0 Å². The number of benzene rings is 1. The summed E-state index contributed by atoms with van der Waals surface area (Å²) >= 11 is 0. The highest BCUT2D eigenvalue weighted by Gasteiger charge is 2.29. The van der Waals surface area contributed by atoms with E-state index in [2.05, 4.69) is 4.99 Å². The normalized spacial score (nSPS) is 23.5. The number of rotatable bonds is 1. The van der Waals surface area contributed by atoms with Gasteiger partial charge in [0.2, 0.25) is 11.8 Å². The molecule has 0 saturated carbocycles. The Morgan fingerprint density at radius 2 is 1.83 bits per heavy atom. The first kappa shape index (κ1) is 22.0. The number of primary amides is 1. The second kappa shape index (κ2) is 9.96. The van der Waals surface area contributed by atoms with E-state index in [0.717, 1.165) is 21.8 Å². The summed E-state index contributed by atoms with van der Waals surface area (Å²) in [6, 6.07) is 9.31. The van der Waals surface area contributed by atoms with Crippen LogP contribution >= 0.6 is 0 Å². The number of allylic oxidation sites excluding steroid dienone is 6. The van der Waals surface area contributed by atoms with Gasteiger partial charge in [0.05, 0.1) is 18.3 Å². The van der Waals surface area contributed by atoms with E-state index < -0.39 is 11.9 Å². The number of carbonyl (C=O) groups excluding carboxylic acids is 1. The van der Waals surface area contributed by atoms with Crippen LogP contribution in [0.2, 0.25) is 0 Å². The van der Waals surface area contributed by atoms with E-state index in [1.165, 1.54) is 18.9 Å². The Labute approximate surface area is 202 Å². The average Bonchev–Trinajstić information content (AvgIpc) is 3.46. The average molecular weight is 466 g/mol. The summed E-state index contributed by atoms with van der Waals surface area (Å²) in [5.74, 6) is 0.529. The Morgan fingerprint density at radius 3 is 2.71 bits per heavy atom. The third-order valence-electron chi connectivity index (χ3n) is 5.52. The Kier molecular flexibility index (Phi) is 6.25. The molecule has 1 amide bonds. The standard InChI is InChI=1S/C27H23N5O3/c28-26(33)24-17-20-18-32(24)15-12-29-19-34-16-8-4-2-1-3-7-13-31-14-11-22-21-9-5-6-10-23(21)30-27(35-20)25(22)31/h1-17,19,24H,18H2,(H2,28,33)/b3-1+,4-2+,13-7+,15-12+,16-8-,29-19-. The second-order valence-corrected chi connectivity index (χ2v) is 7.80. The fourth-order valence-electron chi connectivity index (χ4n) is 3.95. The van der Waals surface area contributed by atoms with Crippen LogP contribution in [0.1, 0.15) is 0 Å². The lowest BCUT2D eigenvalue weighted by Gasteiger charge is -2.19. The molecule has 2 aromatic heterocycles. The molecule has 1 unspecified atom stereocenters. The van der Waals surface area contributed by atoms with Crippen molar-refractivity contribution in [2.24, 2.45) is 10.7 Å². The van der Waals surface area contributed by atoms with Crippen LogP contribution in [0.5, 0.6) is 5.88 Å². The summed E-state index contributed by atoms with van der Waals surface area (Å²) in [4.78, 5) is 22.7. The molecule has 5 rings (SSSR count). The maximum Gasteiger partial charge on any atom is 0.244 e. The van der Waals surface area contributed by atoms with Crippen molar-refractivity contribution in [3.05, 3.63) is 103 Å². The van der Waals surface area contributed by atoms with Crippen LogP contribution < -0.4 is 10.5 Å². The number of carbonyl (C=O) groups is 1. The highest BCUT2D eigenvalue weighted by atomic mass is 16.5. The molecule has 8 heteroatoms. The van der Waals surface area contributed by atoms with Gasteiger partial charge in [-0.05, 0) is 30.4 Å². The summed E-state index contributed by atoms with van der Waals surface area (Å²) in [6.07, 6.45) is 22.9. The van der Waals surface area contributed by atoms with Crippen LogP contribution in [0.25, 0.3) is 28.0 Å². The monoisotopic (exact) mass is 465 g/mol. The van der Waals surface area contributed by atoms with Gasteiger partial charge in [-0.1, -0.05) is 42.5 Å². The number of ether oxygens (including phenoxy) is 2. The molecule has 2 N–H and O–H groups in total. The van der Waals surface area contributed by atoms with Gasteiger partial charge < -0.3 is 24.7 Å². The number of hydrogen-bond donors (Lipinski definition) is 1. The van der Waals surface area contributed by atoms with Gasteiger partial charge in [0, 0.05) is 35.6 Å². The van der Waals surface area contributed by atoms with Crippen molar-refractivity contribution in [1.82, 2.24) is 14.5 Å². The van der Waals surface area contributed by atoms with E-state index in [0.29, 0.717) is 18.2 Å². The molecule has 0 fully saturated rings. The highest BCUT2D eigenvalue weighted by molar-refractivity contribution is 6.07. The summed E-state index contributed by atoms with van der Waals surface area (Å²) < 4.78 is 13.5. The Hall–Kier alpha value is -4.85. The van der Waals surface area contributed by atoms with Crippen molar-refractivity contribution in [2.75, 3.05) is 6.54 Å². The van der Waals surface area contributed by atoms with Crippen molar-refractivity contribution in [3.63, 3.8) is 0 Å². The lowest BCUT2D eigenvalue weighted by molar-refractivity contribution is -0.120. The van der Waals surface area contributed by atoms with Crippen molar-refractivity contribution in [2.45, 2.75) is 6.04 Å². The van der Waals surface area contributed by atoms with Crippen LogP contribution in [-0.4, -0.2) is 39.3 Å². The number of hydrogen-bond acceptors (Lipinski definition) is 6. The highest BCUT2D eigenvalue weighted by Crippen LogP contribution is 2.33. The zero-order chi connectivity index (χ0) is 24.0. The lowest BCUT2D eigenvalue weighted by atomic mass is 10.1. The van der Waals surface area contributed by atoms with Gasteiger partial charge in [-0.2, -0.15) is 0 Å². The van der Waals surface area contributed by atoms with Crippen LogP contribution in [0.15, 0.2) is 108 Å². The number of fused-ring (bicyclic) bond motifs is 4. The number of amides is 1. The summed E-state index contributed by atoms with van der Waals surface area (Å²) in [5.41, 5.74) is 7.28. The van der Waals surface area contributed by atoms with Crippen LogP contribution in [0.4, 0.5) is 0 Å². The van der Waals surface area contributed by atoms with E-state index in [9.17, 15) is 4.79 Å². The molecular formula is C27H23N5O3. The number of nitrogens with two attached hydrogens (primary N) is 1. The topological polar surface area (TPSA) is 95.0 Å². The number of pyridine rings is 1. The minimum Gasteiger partial charge on any atom is -0.453 e. The molecule has 3 aromatic rings. The van der Waals surface area contributed by atoms with Gasteiger partial charge in [-0.3, -0.25) is 4.79 Å². The van der Waals surface area contributed by atoms with Gasteiger partial charge in [0.25, 0.3) is 0 Å². The second-order valence-electron chi connectivity index (χ2n) is 7.80. The zero-order valence-electron chi connectivity index (χ0n) is 18.8. The first-order valence-electron chi connectivity index (χ1n) is 11.0. The minimum absolute atomic E-state index is 0.334. The Bertz CT molecular complexity index is 1470. The predicted molar refractivity (Wildman–Crippen MR) is 137 cm³/mol. The third-order valence-corrected chi connectivity index (χ3v) is 5.52. The Morgan fingerprint density at radius 1 is 1.00 bits per heavy atom. The van der Waals surface area contributed by atoms with Gasteiger partial charge in [-0.15, -0.1) is 0 Å². The third kappa shape index (κ3) is 4.77. The summed E-state index contributed by atoms with van der Waals surface area (Å²) in [6.45, 7) is 0.334. The molecule has 8 nitrogen and oxygen atoms in total. The van der Waals surface area contributed by atoms with Gasteiger partial charge in [0.1, 0.15) is 17.3 Å². The van der Waals surface area contributed by atoms with E-state index in [4.69, 9.17) is 20.2 Å². The van der Waals surface area contributed by atoms with Gasteiger partial charge in [-0.25, -0.2) is 9.98 Å². The molecule has 174 valence electrons. The SMILES string of the molecule is NC(=O)C1C=C2CN1/C=C/N=C\O\C=C/C=C/C=C/C=C/n1ccc3c4ccccc4nc(c31)O2. The molecule has 35 heavy (non-hydrogen) atoms. The van der Waals surface area contributed by atoms with E-state index in [-0.39, 0.29) is 0 Å². The number of aromatic nitrogens is 2. The molecule has 2 bridgehead atoms. The molecule has 2 aliphatic heterocycles. The first-order valence-corrected chi connectivity index (χ1v) is 11.0. The van der Waals surface area contributed by atoms with E-state index in [1.54, 1.807) is 23.3 Å². The van der Waals surface area contributed by atoms with E-state index >= 15 is 0 Å². The smallest absolute Gasteiger partial charge is 0.244 e. The predicted octanol–water partition coefficient (Wildman–Crippen LogP) is 4.25. The maximum atomic E-state index is 12.1. The summed E-state index contributed by atoms with van der Waals surface area (Å²) in [7, 11) is 0. The quantitative estimate of drug-likeness (QED) is 0.580. The molecule has 0 spiro atoms. The van der Waals surface area contributed by atoms with Crippen LogP contribution in [0.3, 0.4) is 0 Å². The molecule has 1 atom stereocenters. The first-order chi connectivity index (χ1) is 17.2. The molecule has 0 radical (unpaired) electrons. The molecule has 0 aliphatic carbocycles. The number of nitrogens with zero attached hydrogens (tertiary/aromatic N) is 4. The zero-order valence-corrected chi connectivity index (χ0v) is 18.8. The van der Waals surface area contributed by atoms with E-state index in [1.807, 2.05) is 77.7 Å². The molecule has 1 aromatic carbocycles. The molecule has 2 aliphatic rings.